The van der Waals surface area contributed by atoms with Gasteiger partial charge in [-0.05, 0) is 44.5 Å². The highest BCUT2D eigenvalue weighted by Gasteiger charge is 2.13. The zero-order chi connectivity index (χ0) is 18.4. The number of carbonyl (C=O) groups is 1. The summed E-state index contributed by atoms with van der Waals surface area (Å²) in [5.74, 6) is 0.912. The van der Waals surface area contributed by atoms with Crippen LogP contribution < -0.4 is 20.5 Å². The molecule has 1 aromatic carbocycles. The average Bonchev–Trinajstić information content (AvgIpc) is 3.16. The van der Waals surface area contributed by atoms with Gasteiger partial charge in [-0.3, -0.25) is 9.78 Å². The zero-order valence-electron chi connectivity index (χ0n) is 15.2. The van der Waals surface area contributed by atoms with Gasteiger partial charge in [-0.25, -0.2) is 0 Å². The lowest BCUT2D eigenvalue weighted by molar-refractivity contribution is -0.116. The SMILES string of the molecule is COc1cc2c(NCC(N)=O)ccnc2cc1OCCCN1CCCC1. The number of ether oxygens (including phenoxy) is 2. The number of pyridine rings is 1. The quantitative estimate of drug-likeness (QED) is 0.667. The van der Waals surface area contributed by atoms with Crippen LogP contribution in [-0.2, 0) is 4.79 Å². The van der Waals surface area contributed by atoms with Crippen LogP contribution in [0.4, 0.5) is 5.69 Å². The van der Waals surface area contributed by atoms with Gasteiger partial charge in [0.05, 0.1) is 25.8 Å². The first-order chi connectivity index (χ1) is 12.7. The van der Waals surface area contributed by atoms with E-state index in [1.54, 1.807) is 19.4 Å². The Bertz CT molecular complexity index is 760. The molecule has 1 aromatic heterocycles. The molecule has 140 valence electrons. The van der Waals surface area contributed by atoms with Crippen molar-refractivity contribution >= 4 is 22.5 Å². The molecule has 1 aliphatic rings. The largest absolute Gasteiger partial charge is 0.493 e. The predicted molar refractivity (Wildman–Crippen MR) is 102 cm³/mol. The Kier molecular flexibility index (Phi) is 6.12. The van der Waals surface area contributed by atoms with Gasteiger partial charge >= 0.3 is 0 Å². The van der Waals surface area contributed by atoms with E-state index >= 15 is 0 Å². The van der Waals surface area contributed by atoms with Crippen molar-refractivity contribution in [2.75, 3.05) is 45.2 Å². The van der Waals surface area contributed by atoms with E-state index in [9.17, 15) is 4.79 Å². The van der Waals surface area contributed by atoms with E-state index < -0.39 is 5.91 Å². The number of carbonyl (C=O) groups excluding carboxylic acids is 1. The molecular weight excluding hydrogens is 332 g/mol. The Morgan fingerprint density at radius 2 is 2.12 bits per heavy atom. The number of nitrogens with one attached hydrogen (secondary N) is 1. The third-order valence-corrected chi connectivity index (χ3v) is 4.55. The number of anilines is 1. The van der Waals surface area contributed by atoms with Gasteiger partial charge < -0.3 is 25.4 Å². The summed E-state index contributed by atoms with van der Waals surface area (Å²) in [6.07, 6.45) is 5.28. The minimum Gasteiger partial charge on any atom is -0.493 e. The molecule has 3 rings (SSSR count). The molecule has 0 atom stereocenters. The lowest BCUT2D eigenvalue weighted by Crippen LogP contribution is -2.22. The van der Waals surface area contributed by atoms with Crippen LogP contribution in [0.2, 0.25) is 0 Å². The minimum atomic E-state index is -0.417. The van der Waals surface area contributed by atoms with Gasteiger partial charge in [0, 0.05) is 29.9 Å². The number of methoxy groups -OCH3 is 1. The maximum atomic E-state index is 11.0. The summed E-state index contributed by atoms with van der Waals surface area (Å²) in [7, 11) is 1.62. The van der Waals surface area contributed by atoms with Crippen LogP contribution in [0.15, 0.2) is 24.4 Å². The number of nitrogens with zero attached hydrogens (tertiary/aromatic N) is 2. The summed E-state index contributed by atoms with van der Waals surface area (Å²) < 4.78 is 11.4. The first-order valence-electron chi connectivity index (χ1n) is 9.01. The summed E-state index contributed by atoms with van der Waals surface area (Å²) in [5, 5.41) is 3.88. The van der Waals surface area contributed by atoms with Gasteiger partial charge in [-0.2, -0.15) is 0 Å². The number of likely N-dealkylation sites (tertiary alicyclic amines) is 1. The maximum Gasteiger partial charge on any atom is 0.236 e. The van der Waals surface area contributed by atoms with E-state index in [2.05, 4.69) is 15.2 Å². The lowest BCUT2D eigenvalue weighted by atomic mass is 10.1. The predicted octanol–water partition coefficient (Wildman–Crippen LogP) is 2.01. The monoisotopic (exact) mass is 358 g/mol. The molecule has 1 saturated heterocycles. The van der Waals surface area contributed by atoms with Crippen molar-refractivity contribution < 1.29 is 14.3 Å². The van der Waals surface area contributed by atoms with Gasteiger partial charge in [0.2, 0.25) is 5.91 Å². The second-order valence-electron chi connectivity index (χ2n) is 6.45. The van der Waals surface area contributed by atoms with E-state index in [-0.39, 0.29) is 6.54 Å². The number of benzene rings is 1. The van der Waals surface area contributed by atoms with Gasteiger partial charge in [-0.1, -0.05) is 0 Å². The normalized spacial score (nSPS) is 14.5. The van der Waals surface area contributed by atoms with Crippen molar-refractivity contribution in [1.29, 1.82) is 0 Å². The molecule has 0 radical (unpaired) electrons. The Morgan fingerprint density at radius 1 is 1.31 bits per heavy atom. The van der Waals surface area contributed by atoms with E-state index in [4.69, 9.17) is 15.2 Å². The molecular formula is C19H26N4O3. The van der Waals surface area contributed by atoms with Crippen molar-refractivity contribution in [3.63, 3.8) is 0 Å². The fraction of sp³-hybridized carbons (Fsp3) is 0.474. The molecule has 2 aromatic rings. The Balaban J connectivity index is 1.70. The van der Waals surface area contributed by atoms with Crippen LogP contribution >= 0.6 is 0 Å². The zero-order valence-corrected chi connectivity index (χ0v) is 15.2. The molecule has 0 bridgehead atoms. The highest BCUT2D eigenvalue weighted by molar-refractivity contribution is 5.94. The second kappa shape index (κ2) is 8.71. The minimum absolute atomic E-state index is 0.0657. The standard InChI is InChI=1S/C19H26N4O3/c1-25-17-11-14-15(22-13-19(20)24)5-6-21-16(14)12-18(17)26-10-4-9-23-7-2-3-8-23/h5-6,11-12H,2-4,7-10,13H2,1H3,(H2,20,24)(H,21,22). The van der Waals surface area contributed by atoms with Crippen molar-refractivity contribution in [1.82, 2.24) is 9.88 Å². The molecule has 0 unspecified atom stereocenters. The number of rotatable bonds is 9. The molecule has 26 heavy (non-hydrogen) atoms. The van der Waals surface area contributed by atoms with Crippen molar-refractivity contribution in [3.8, 4) is 11.5 Å². The number of primary amides is 1. The highest BCUT2D eigenvalue weighted by Crippen LogP contribution is 2.34. The molecule has 0 aliphatic carbocycles. The van der Waals surface area contributed by atoms with Crippen molar-refractivity contribution in [2.24, 2.45) is 5.73 Å². The molecule has 1 aliphatic heterocycles. The van der Waals surface area contributed by atoms with Crippen LogP contribution in [0.1, 0.15) is 19.3 Å². The molecule has 1 fully saturated rings. The number of aromatic nitrogens is 1. The summed E-state index contributed by atoms with van der Waals surface area (Å²) >= 11 is 0. The van der Waals surface area contributed by atoms with Crippen LogP contribution in [0, 0.1) is 0 Å². The van der Waals surface area contributed by atoms with Gasteiger partial charge in [0.15, 0.2) is 11.5 Å². The first-order valence-corrected chi connectivity index (χ1v) is 9.01. The number of hydrogen-bond acceptors (Lipinski definition) is 6. The van der Waals surface area contributed by atoms with Gasteiger partial charge in [0.1, 0.15) is 0 Å². The molecule has 2 heterocycles. The Hall–Kier alpha value is -2.54. The van der Waals surface area contributed by atoms with Crippen LogP contribution in [0.5, 0.6) is 11.5 Å². The fourth-order valence-electron chi connectivity index (χ4n) is 3.24. The van der Waals surface area contributed by atoms with Crippen molar-refractivity contribution in [3.05, 3.63) is 24.4 Å². The van der Waals surface area contributed by atoms with Gasteiger partial charge in [-0.15, -0.1) is 0 Å². The van der Waals surface area contributed by atoms with Crippen LogP contribution in [0.3, 0.4) is 0 Å². The molecule has 0 saturated carbocycles. The number of hydrogen-bond donors (Lipinski definition) is 2. The van der Waals surface area contributed by atoms with Gasteiger partial charge in [0.25, 0.3) is 0 Å². The summed E-state index contributed by atoms with van der Waals surface area (Å²) in [5.41, 5.74) is 6.77. The molecule has 7 nitrogen and oxygen atoms in total. The summed E-state index contributed by atoms with van der Waals surface area (Å²) in [4.78, 5) is 17.9. The van der Waals surface area contributed by atoms with E-state index in [1.807, 2.05) is 12.1 Å². The second-order valence-corrected chi connectivity index (χ2v) is 6.45. The lowest BCUT2D eigenvalue weighted by Gasteiger charge is -2.16. The fourth-order valence-corrected chi connectivity index (χ4v) is 3.24. The molecule has 3 N–H and O–H groups in total. The highest BCUT2D eigenvalue weighted by atomic mass is 16.5. The first kappa shape index (κ1) is 18.3. The smallest absolute Gasteiger partial charge is 0.236 e. The average molecular weight is 358 g/mol. The molecule has 7 heteroatoms. The summed E-state index contributed by atoms with van der Waals surface area (Å²) in [6, 6.07) is 5.56. The Labute approximate surface area is 153 Å². The van der Waals surface area contributed by atoms with Crippen LogP contribution in [-0.4, -0.2) is 55.7 Å². The Morgan fingerprint density at radius 3 is 2.85 bits per heavy atom. The number of amides is 1. The number of nitrogens with two attached hydrogens (primary N) is 1. The van der Waals surface area contributed by atoms with E-state index in [0.29, 0.717) is 18.1 Å². The topological polar surface area (TPSA) is 89.7 Å². The van der Waals surface area contributed by atoms with E-state index in [0.717, 1.165) is 29.6 Å². The molecule has 0 spiro atoms. The van der Waals surface area contributed by atoms with E-state index in [1.165, 1.54) is 25.9 Å². The van der Waals surface area contributed by atoms with Crippen LogP contribution in [0.25, 0.3) is 10.9 Å². The van der Waals surface area contributed by atoms with Crippen molar-refractivity contribution in [2.45, 2.75) is 19.3 Å². The maximum absolute atomic E-state index is 11.0. The third kappa shape index (κ3) is 4.54. The number of fused-ring (bicyclic) bond motifs is 1. The molecule has 1 amide bonds. The third-order valence-electron chi connectivity index (χ3n) is 4.55. The summed E-state index contributed by atoms with van der Waals surface area (Å²) in [6.45, 7) is 4.16.